The number of rotatable bonds is 2. The zero-order valence-electron chi connectivity index (χ0n) is 11.6. The van der Waals surface area contributed by atoms with Gasteiger partial charge in [0.1, 0.15) is 5.54 Å². The second kappa shape index (κ2) is 4.63. The molecule has 4 amide bonds. The summed E-state index contributed by atoms with van der Waals surface area (Å²) in [5.41, 5.74) is 10.3. The maximum absolute atomic E-state index is 12.6. The normalized spacial score (nSPS) is 24.5. The molecule has 0 aromatic heterocycles. The molecule has 0 aliphatic carbocycles. The molecule has 114 valence electrons. The lowest BCUT2D eigenvalue weighted by molar-refractivity contribution is -0.141. The summed E-state index contributed by atoms with van der Waals surface area (Å²) >= 11 is 0. The Labute approximate surface area is 125 Å². The number of fused-ring (bicyclic) bond motifs is 1. The fraction of sp³-hybridized carbons (Fsp3) is 0.286. The van der Waals surface area contributed by atoms with E-state index >= 15 is 0 Å². The number of nitrogens with two attached hydrogens (primary N) is 2. The molecule has 0 bridgehead atoms. The van der Waals surface area contributed by atoms with Gasteiger partial charge in [-0.15, -0.1) is 0 Å². The van der Waals surface area contributed by atoms with Gasteiger partial charge in [0.25, 0.3) is 17.7 Å². The predicted molar refractivity (Wildman–Crippen MR) is 75.5 cm³/mol. The van der Waals surface area contributed by atoms with E-state index in [9.17, 15) is 19.2 Å². The summed E-state index contributed by atoms with van der Waals surface area (Å²) in [6.07, 6.45) is 0.00532. The van der Waals surface area contributed by atoms with Gasteiger partial charge in [-0.3, -0.25) is 29.4 Å². The number of carbonyl (C=O) groups excluding carboxylic acids is 4. The van der Waals surface area contributed by atoms with Crippen LogP contribution in [0.15, 0.2) is 18.2 Å². The maximum atomic E-state index is 12.6. The summed E-state index contributed by atoms with van der Waals surface area (Å²) in [7, 11) is 0. The van der Waals surface area contributed by atoms with Crippen molar-refractivity contribution in [3.05, 3.63) is 29.3 Å². The topological polar surface area (TPSA) is 136 Å². The van der Waals surface area contributed by atoms with Crippen molar-refractivity contribution in [1.82, 2.24) is 10.2 Å². The molecule has 2 aliphatic rings. The number of carbonyl (C=O) groups is 4. The zero-order valence-corrected chi connectivity index (χ0v) is 11.6. The Morgan fingerprint density at radius 1 is 1.18 bits per heavy atom. The van der Waals surface area contributed by atoms with E-state index in [1.807, 2.05) is 0 Å². The van der Waals surface area contributed by atoms with Crippen LogP contribution in [0.4, 0.5) is 5.69 Å². The van der Waals surface area contributed by atoms with Crippen LogP contribution in [-0.2, 0) is 9.59 Å². The highest BCUT2D eigenvalue weighted by Crippen LogP contribution is 2.35. The quantitative estimate of drug-likeness (QED) is 0.473. The van der Waals surface area contributed by atoms with Gasteiger partial charge in [0, 0.05) is 18.7 Å². The molecular formula is C14H14N4O4. The van der Waals surface area contributed by atoms with Crippen molar-refractivity contribution in [3.63, 3.8) is 0 Å². The molecule has 3 rings (SSSR count). The minimum absolute atomic E-state index is 0.000456. The van der Waals surface area contributed by atoms with Crippen LogP contribution < -0.4 is 16.8 Å². The number of benzene rings is 1. The average Bonchev–Trinajstić information content (AvgIpc) is 2.74. The third-order valence-corrected chi connectivity index (χ3v) is 4.15. The molecular weight excluding hydrogens is 288 g/mol. The van der Waals surface area contributed by atoms with Crippen molar-refractivity contribution in [2.45, 2.75) is 18.4 Å². The largest absolute Gasteiger partial charge is 0.398 e. The van der Waals surface area contributed by atoms with E-state index in [1.165, 1.54) is 12.1 Å². The lowest BCUT2D eigenvalue weighted by Gasteiger charge is -2.40. The van der Waals surface area contributed by atoms with Crippen molar-refractivity contribution in [2.24, 2.45) is 5.73 Å². The van der Waals surface area contributed by atoms with Crippen molar-refractivity contribution >= 4 is 29.3 Å². The van der Waals surface area contributed by atoms with Gasteiger partial charge in [-0.2, -0.15) is 0 Å². The molecule has 0 radical (unpaired) electrons. The molecule has 5 N–H and O–H groups in total. The minimum atomic E-state index is -1.56. The minimum Gasteiger partial charge on any atom is -0.398 e. The van der Waals surface area contributed by atoms with E-state index in [0.717, 1.165) is 4.90 Å². The molecule has 1 aromatic rings. The number of nitrogens with zero attached hydrogens (tertiary/aromatic N) is 1. The maximum Gasteiger partial charge on any atom is 0.264 e. The lowest BCUT2D eigenvalue weighted by Crippen LogP contribution is -2.67. The molecule has 0 saturated carbocycles. The first kappa shape index (κ1) is 14.2. The molecule has 2 aliphatic heterocycles. The Hall–Kier alpha value is -2.74. The third-order valence-electron chi connectivity index (χ3n) is 4.15. The highest BCUT2D eigenvalue weighted by molar-refractivity contribution is 6.26. The summed E-state index contributed by atoms with van der Waals surface area (Å²) in [4.78, 5) is 49.7. The molecule has 1 atom stereocenters. The molecule has 1 saturated heterocycles. The Balaban J connectivity index is 2.11. The SMILES string of the molecule is NCC1(N2C(=O)c3cccc(N)c3C2=O)CCC(=O)NC1=O. The summed E-state index contributed by atoms with van der Waals surface area (Å²) < 4.78 is 0. The molecule has 8 nitrogen and oxygen atoms in total. The summed E-state index contributed by atoms with van der Waals surface area (Å²) in [5.74, 6) is -2.47. The smallest absolute Gasteiger partial charge is 0.264 e. The van der Waals surface area contributed by atoms with E-state index in [4.69, 9.17) is 11.5 Å². The second-order valence-electron chi connectivity index (χ2n) is 5.33. The summed E-state index contributed by atoms with van der Waals surface area (Å²) in [6, 6.07) is 4.54. The molecule has 1 aromatic carbocycles. The zero-order chi connectivity index (χ0) is 16.1. The van der Waals surface area contributed by atoms with Crippen LogP contribution >= 0.6 is 0 Å². The number of nitrogen functional groups attached to an aromatic ring is 1. The fourth-order valence-corrected chi connectivity index (χ4v) is 2.94. The highest BCUT2D eigenvalue weighted by Gasteiger charge is 2.55. The Bertz CT molecular complexity index is 730. The van der Waals surface area contributed by atoms with E-state index in [1.54, 1.807) is 6.07 Å². The number of anilines is 1. The predicted octanol–water partition coefficient (Wildman–Crippen LogP) is -1.00. The number of imide groups is 2. The third kappa shape index (κ3) is 1.67. The number of hydrogen-bond donors (Lipinski definition) is 3. The Morgan fingerprint density at radius 2 is 1.91 bits per heavy atom. The standard InChI is InChI=1S/C14H14N4O4/c15-6-14(5-4-9(19)17-13(14)22)18-11(20)7-2-1-3-8(16)10(7)12(18)21/h1-3H,4-6,15-16H2,(H,17,19,22). The molecule has 0 spiro atoms. The van der Waals surface area contributed by atoms with E-state index in [0.29, 0.717) is 0 Å². The van der Waals surface area contributed by atoms with Gasteiger partial charge in [0.15, 0.2) is 0 Å². The Morgan fingerprint density at radius 3 is 2.50 bits per heavy atom. The number of nitrogens with one attached hydrogen (secondary N) is 1. The second-order valence-corrected chi connectivity index (χ2v) is 5.33. The first-order valence-electron chi connectivity index (χ1n) is 6.74. The van der Waals surface area contributed by atoms with Crippen LogP contribution in [0, 0.1) is 0 Å². The van der Waals surface area contributed by atoms with Crippen LogP contribution in [0.3, 0.4) is 0 Å². The van der Waals surface area contributed by atoms with Crippen LogP contribution in [0.25, 0.3) is 0 Å². The molecule has 1 fully saturated rings. The monoisotopic (exact) mass is 302 g/mol. The van der Waals surface area contributed by atoms with Crippen LogP contribution in [-0.4, -0.2) is 40.6 Å². The highest BCUT2D eigenvalue weighted by atomic mass is 16.2. The van der Waals surface area contributed by atoms with Gasteiger partial charge < -0.3 is 11.5 Å². The van der Waals surface area contributed by atoms with Gasteiger partial charge in [-0.05, 0) is 18.6 Å². The van der Waals surface area contributed by atoms with Gasteiger partial charge in [0.2, 0.25) is 5.91 Å². The first-order valence-corrected chi connectivity index (χ1v) is 6.74. The molecule has 8 heteroatoms. The number of piperidine rings is 1. The van der Waals surface area contributed by atoms with Crippen LogP contribution in [0.5, 0.6) is 0 Å². The van der Waals surface area contributed by atoms with Gasteiger partial charge in [0.05, 0.1) is 11.1 Å². The van der Waals surface area contributed by atoms with E-state index in [-0.39, 0.29) is 36.2 Å². The van der Waals surface area contributed by atoms with E-state index < -0.39 is 29.2 Å². The van der Waals surface area contributed by atoms with E-state index in [2.05, 4.69) is 5.32 Å². The van der Waals surface area contributed by atoms with Crippen molar-refractivity contribution in [2.75, 3.05) is 12.3 Å². The van der Waals surface area contributed by atoms with Crippen molar-refractivity contribution < 1.29 is 19.2 Å². The van der Waals surface area contributed by atoms with Gasteiger partial charge in [-0.25, -0.2) is 0 Å². The molecule has 1 unspecified atom stereocenters. The van der Waals surface area contributed by atoms with Gasteiger partial charge in [-0.1, -0.05) is 6.07 Å². The van der Waals surface area contributed by atoms with Crippen LogP contribution in [0.2, 0.25) is 0 Å². The first-order chi connectivity index (χ1) is 10.4. The number of amides is 4. The van der Waals surface area contributed by atoms with Gasteiger partial charge >= 0.3 is 0 Å². The summed E-state index contributed by atoms with van der Waals surface area (Å²) in [6.45, 7) is -0.266. The number of hydrogen-bond acceptors (Lipinski definition) is 6. The Kier molecular flexibility index (Phi) is 2.99. The lowest BCUT2D eigenvalue weighted by atomic mass is 9.87. The molecule has 2 heterocycles. The summed E-state index contributed by atoms with van der Waals surface area (Å²) in [5, 5.41) is 2.15. The molecule has 22 heavy (non-hydrogen) atoms. The van der Waals surface area contributed by atoms with Crippen molar-refractivity contribution in [3.8, 4) is 0 Å². The average molecular weight is 302 g/mol. The van der Waals surface area contributed by atoms with Crippen LogP contribution in [0.1, 0.15) is 33.6 Å². The fourth-order valence-electron chi connectivity index (χ4n) is 2.94. The van der Waals surface area contributed by atoms with Crippen molar-refractivity contribution in [1.29, 1.82) is 0 Å².